The van der Waals surface area contributed by atoms with E-state index in [1.54, 1.807) is 18.4 Å². The van der Waals surface area contributed by atoms with E-state index in [0.29, 0.717) is 12.6 Å². The van der Waals surface area contributed by atoms with E-state index >= 15 is 0 Å². The Kier molecular flexibility index (Phi) is 4.36. The van der Waals surface area contributed by atoms with Gasteiger partial charge in [0.2, 0.25) is 0 Å². The van der Waals surface area contributed by atoms with Crippen LogP contribution in [0, 0.1) is 0 Å². The van der Waals surface area contributed by atoms with Crippen molar-refractivity contribution in [2.24, 2.45) is 0 Å². The molecule has 96 valence electrons. The molecule has 0 saturated carbocycles. The van der Waals surface area contributed by atoms with Crippen molar-refractivity contribution >= 4 is 16.5 Å². The third-order valence-corrected chi connectivity index (χ3v) is 4.41. The summed E-state index contributed by atoms with van der Waals surface area (Å²) in [7, 11) is 1.66. The molecule has 1 fully saturated rings. The number of methoxy groups -OCH3 is 1. The summed E-state index contributed by atoms with van der Waals surface area (Å²) in [6.07, 6.45) is 3.66. The minimum absolute atomic E-state index is 0.0565. The third kappa shape index (κ3) is 2.61. The highest BCUT2D eigenvalue weighted by Gasteiger charge is 2.26. The van der Waals surface area contributed by atoms with Crippen LogP contribution < -0.4 is 4.90 Å². The largest absolute Gasteiger partial charge is 0.391 e. The quantitative estimate of drug-likeness (QED) is 0.877. The molecule has 0 spiro atoms. The third-order valence-electron chi connectivity index (χ3n) is 3.29. The zero-order chi connectivity index (χ0) is 12.3. The van der Waals surface area contributed by atoms with Crippen LogP contribution in [-0.2, 0) is 18.0 Å². The highest BCUT2D eigenvalue weighted by molar-refractivity contribution is 7.15. The first-order valence-corrected chi connectivity index (χ1v) is 6.96. The number of aliphatic hydroxyl groups is 1. The summed E-state index contributed by atoms with van der Waals surface area (Å²) in [6, 6.07) is 0.614. The number of hydrogen-bond acceptors (Lipinski definition) is 5. The average molecular weight is 256 g/mol. The van der Waals surface area contributed by atoms with Crippen molar-refractivity contribution in [3.8, 4) is 0 Å². The minimum atomic E-state index is 0.0565. The van der Waals surface area contributed by atoms with Gasteiger partial charge < -0.3 is 14.7 Å². The smallest absolute Gasteiger partial charge is 0.186 e. The van der Waals surface area contributed by atoms with Gasteiger partial charge in [-0.15, -0.1) is 0 Å². The van der Waals surface area contributed by atoms with Crippen LogP contribution in [0.25, 0.3) is 0 Å². The molecule has 1 aromatic heterocycles. The molecule has 0 aromatic carbocycles. The predicted molar refractivity (Wildman–Crippen MR) is 69.4 cm³/mol. The maximum atomic E-state index is 9.32. The highest BCUT2D eigenvalue weighted by Crippen LogP contribution is 2.33. The van der Waals surface area contributed by atoms with Gasteiger partial charge in [-0.25, -0.2) is 4.98 Å². The summed E-state index contributed by atoms with van der Waals surface area (Å²) in [4.78, 5) is 7.92. The Morgan fingerprint density at radius 3 is 3.06 bits per heavy atom. The lowest BCUT2D eigenvalue weighted by molar-refractivity contribution is 0.179. The monoisotopic (exact) mass is 256 g/mol. The normalized spacial score (nSPS) is 20.2. The molecule has 1 N–H and O–H groups in total. The van der Waals surface area contributed by atoms with Crippen LogP contribution in [0.5, 0.6) is 0 Å². The van der Waals surface area contributed by atoms with Crippen molar-refractivity contribution in [3.63, 3.8) is 0 Å². The van der Waals surface area contributed by atoms with Gasteiger partial charge in [-0.2, -0.15) is 0 Å². The number of anilines is 1. The van der Waals surface area contributed by atoms with Crippen molar-refractivity contribution in [2.75, 3.05) is 18.6 Å². The van der Waals surface area contributed by atoms with Crippen LogP contribution in [0.4, 0.5) is 5.13 Å². The van der Waals surface area contributed by atoms with Crippen LogP contribution in [-0.4, -0.2) is 29.8 Å². The topological polar surface area (TPSA) is 45.6 Å². The number of nitrogens with zero attached hydrogens (tertiary/aromatic N) is 2. The van der Waals surface area contributed by atoms with Crippen LogP contribution >= 0.6 is 11.3 Å². The van der Waals surface area contributed by atoms with Gasteiger partial charge in [0, 0.05) is 19.7 Å². The summed E-state index contributed by atoms with van der Waals surface area (Å²) in [5.74, 6) is 0. The first kappa shape index (κ1) is 12.8. The standard InChI is InChI=1S/C12H20N2O2S/c1-3-9-5-4-6-14(9)12-13-10(8-16-2)11(7-15)17-12/h9,15H,3-8H2,1-2H3. The molecule has 2 heterocycles. The van der Waals surface area contributed by atoms with Crippen LogP contribution in [0.15, 0.2) is 0 Å². The van der Waals surface area contributed by atoms with E-state index in [1.165, 1.54) is 12.8 Å². The van der Waals surface area contributed by atoms with Crippen molar-refractivity contribution < 1.29 is 9.84 Å². The van der Waals surface area contributed by atoms with Crippen molar-refractivity contribution in [2.45, 2.75) is 45.4 Å². The second kappa shape index (κ2) is 5.80. The molecular weight excluding hydrogens is 236 g/mol. The summed E-state index contributed by atoms with van der Waals surface area (Å²) < 4.78 is 5.11. The molecule has 0 radical (unpaired) electrons. The number of rotatable bonds is 5. The number of thiazole rings is 1. The van der Waals surface area contributed by atoms with E-state index in [0.717, 1.165) is 28.7 Å². The Balaban J connectivity index is 2.20. The molecule has 1 atom stereocenters. The Bertz CT molecular complexity index is 367. The number of aliphatic hydroxyl groups excluding tert-OH is 1. The first-order chi connectivity index (χ1) is 8.30. The number of aromatic nitrogens is 1. The van der Waals surface area contributed by atoms with Gasteiger partial charge in [0.15, 0.2) is 5.13 Å². The molecule has 0 bridgehead atoms. The zero-order valence-corrected chi connectivity index (χ0v) is 11.3. The lowest BCUT2D eigenvalue weighted by Gasteiger charge is -2.22. The van der Waals surface area contributed by atoms with E-state index in [-0.39, 0.29) is 6.61 Å². The van der Waals surface area contributed by atoms with E-state index in [4.69, 9.17) is 4.74 Å². The van der Waals surface area contributed by atoms with Gasteiger partial charge in [0.25, 0.3) is 0 Å². The summed E-state index contributed by atoms with van der Waals surface area (Å²) in [5.41, 5.74) is 0.886. The minimum Gasteiger partial charge on any atom is -0.391 e. The fourth-order valence-electron chi connectivity index (χ4n) is 2.38. The SMILES string of the molecule is CCC1CCCN1c1nc(COC)c(CO)s1. The average Bonchev–Trinajstić information content (AvgIpc) is 2.94. The van der Waals surface area contributed by atoms with Crippen molar-refractivity contribution in [1.29, 1.82) is 0 Å². The lowest BCUT2D eigenvalue weighted by Crippen LogP contribution is -2.28. The Morgan fingerprint density at radius 2 is 2.41 bits per heavy atom. The molecule has 0 aliphatic carbocycles. The Labute approximate surface area is 106 Å². The summed E-state index contributed by atoms with van der Waals surface area (Å²) >= 11 is 1.60. The number of ether oxygens (including phenoxy) is 1. The lowest BCUT2D eigenvalue weighted by atomic mass is 10.2. The second-order valence-electron chi connectivity index (χ2n) is 4.36. The molecule has 1 unspecified atom stereocenters. The van der Waals surface area contributed by atoms with Crippen molar-refractivity contribution in [3.05, 3.63) is 10.6 Å². The fraction of sp³-hybridized carbons (Fsp3) is 0.750. The molecule has 4 nitrogen and oxygen atoms in total. The van der Waals surface area contributed by atoms with Crippen LogP contribution in [0.3, 0.4) is 0 Å². The van der Waals surface area contributed by atoms with E-state index in [9.17, 15) is 5.11 Å². The van der Waals surface area contributed by atoms with Crippen LogP contribution in [0.2, 0.25) is 0 Å². The molecule has 1 aromatic rings. The van der Waals surface area contributed by atoms with E-state index in [2.05, 4.69) is 16.8 Å². The van der Waals surface area contributed by atoms with Gasteiger partial charge in [-0.05, 0) is 19.3 Å². The van der Waals surface area contributed by atoms with Gasteiger partial charge >= 0.3 is 0 Å². The van der Waals surface area contributed by atoms with E-state index in [1.807, 2.05) is 0 Å². The molecule has 17 heavy (non-hydrogen) atoms. The molecule has 5 heteroatoms. The molecule has 1 aliphatic rings. The molecule has 1 saturated heterocycles. The van der Waals surface area contributed by atoms with Crippen LogP contribution in [0.1, 0.15) is 36.8 Å². The van der Waals surface area contributed by atoms with Gasteiger partial charge in [-0.3, -0.25) is 0 Å². The van der Waals surface area contributed by atoms with Gasteiger partial charge in [0.05, 0.1) is 23.8 Å². The highest BCUT2D eigenvalue weighted by atomic mass is 32.1. The zero-order valence-electron chi connectivity index (χ0n) is 10.5. The first-order valence-electron chi connectivity index (χ1n) is 6.15. The summed E-state index contributed by atoms with van der Waals surface area (Å²) in [6.45, 7) is 3.85. The molecule has 0 amide bonds. The van der Waals surface area contributed by atoms with Crippen molar-refractivity contribution in [1.82, 2.24) is 4.98 Å². The Hall–Kier alpha value is -0.650. The molecule has 2 rings (SSSR count). The number of hydrogen-bond donors (Lipinski definition) is 1. The maximum absolute atomic E-state index is 9.32. The Morgan fingerprint density at radius 1 is 1.59 bits per heavy atom. The maximum Gasteiger partial charge on any atom is 0.186 e. The van der Waals surface area contributed by atoms with E-state index < -0.39 is 0 Å². The fourth-order valence-corrected chi connectivity index (χ4v) is 3.40. The van der Waals surface area contributed by atoms with Gasteiger partial charge in [0.1, 0.15) is 0 Å². The molecular formula is C12H20N2O2S. The molecule has 1 aliphatic heterocycles. The second-order valence-corrected chi connectivity index (χ2v) is 5.42. The summed E-state index contributed by atoms with van der Waals surface area (Å²) in [5, 5.41) is 10.4. The predicted octanol–water partition coefficient (Wildman–Crippen LogP) is 2.16. The van der Waals surface area contributed by atoms with Gasteiger partial charge in [-0.1, -0.05) is 18.3 Å².